The number of hydrogen-bond acceptors (Lipinski definition) is 6. The van der Waals surface area contributed by atoms with E-state index >= 15 is 0 Å². The van der Waals surface area contributed by atoms with E-state index in [4.69, 9.17) is 15.7 Å². The minimum Gasteiger partial charge on any atom is -0.492 e. The standard InChI is InChI=1S/C13H13N3O3S2/c14-9-10-4-6-20-13(10)16-21(17,18)7-5-19-12-3-1-2-11(15)8-12/h1-4,6,8,16H,5,7,15H2. The van der Waals surface area contributed by atoms with Crippen LogP contribution in [0.15, 0.2) is 35.7 Å². The van der Waals surface area contributed by atoms with E-state index in [1.807, 2.05) is 6.07 Å². The van der Waals surface area contributed by atoms with Crippen LogP contribution < -0.4 is 15.2 Å². The van der Waals surface area contributed by atoms with Crippen LogP contribution in [0.3, 0.4) is 0 Å². The van der Waals surface area contributed by atoms with Crippen LogP contribution in [0.2, 0.25) is 0 Å². The number of ether oxygens (including phenoxy) is 1. The number of anilines is 2. The highest BCUT2D eigenvalue weighted by molar-refractivity contribution is 7.92. The summed E-state index contributed by atoms with van der Waals surface area (Å²) in [4.78, 5) is 0. The van der Waals surface area contributed by atoms with E-state index in [-0.39, 0.29) is 12.4 Å². The zero-order chi connectivity index (χ0) is 15.3. The maximum atomic E-state index is 11.9. The molecule has 6 nitrogen and oxygen atoms in total. The topological polar surface area (TPSA) is 105 Å². The summed E-state index contributed by atoms with van der Waals surface area (Å²) in [6.07, 6.45) is 0. The minimum absolute atomic E-state index is 0.00789. The number of hydrogen-bond donors (Lipinski definition) is 2. The van der Waals surface area contributed by atoms with E-state index in [2.05, 4.69) is 4.72 Å². The van der Waals surface area contributed by atoms with Gasteiger partial charge in [-0.15, -0.1) is 11.3 Å². The Morgan fingerprint density at radius 3 is 2.90 bits per heavy atom. The number of benzene rings is 1. The van der Waals surface area contributed by atoms with Crippen LogP contribution >= 0.6 is 11.3 Å². The van der Waals surface area contributed by atoms with Crippen molar-refractivity contribution in [3.05, 3.63) is 41.3 Å². The Labute approximate surface area is 126 Å². The van der Waals surface area contributed by atoms with E-state index in [1.54, 1.807) is 35.7 Å². The van der Waals surface area contributed by atoms with Gasteiger partial charge in [-0.3, -0.25) is 4.72 Å². The van der Waals surface area contributed by atoms with Crippen molar-refractivity contribution >= 4 is 32.0 Å². The number of thiophene rings is 1. The third-order valence-electron chi connectivity index (χ3n) is 2.51. The fourth-order valence-electron chi connectivity index (χ4n) is 1.54. The molecule has 110 valence electrons. The molecule has 0 saturated carbocycles. The molecular weight excluding hydrogens is 310 g/mol. The zero-order valence-corrected chi connectivity index (χ0v) is 12.6. The molecule has 2 aromatic rings. The van der Waals surface area contributed by atoms with Gasteiger partial charge in [-0.2, -0.15) is 5.26 Å². The van der Waals surface area contributed by atoms with Crippen LogP contribution in [0.1, 0.15) is 5.56 Å². The second-order valence-electron chi connectivity index (χ2n) is 4.12. The SMILES string of the molecule is N#Cc1ccsc1NS(=O)(=O)CCOc1cccc(N)c1. The van der Waals surface area contributed by atoms with Gasteiger partial charge in [0.1, 0.15) is 29.2 Å². The molecule has 0 radical (unpaired) electrons. The molecule has 1 aromatic carbocycles. The highest BCUT2D eigenvalue weighted by Crippen LogP contribution is 2.23. The monoisotopic (exact) mass is 323 g/mol. The third kappa shape index (κ3) is 4.37. The van der Waals surface area contributed by atoms with Gasteiger partial charge in [0.2, 0.25) is 10.0 Å². The van der Waals surface area contributed by atoms with Crippen molar-refractivity contribution in [1.29, 1.82) is 5.26 Å². The lowest BCUT2D eigenvalue weighted by Crippen LogP contribution is -2.21. The van der Waals surface area contributed by atoms with Gasteiger partial charge in [-0.05, 0) is 23.6 Å². The molecule has 0 bridgehead atoms. The minimum atomic E-state index is -3.56. The molecule has 1 aromatic heterocycles. The second kappa shape index (κ2) is 6.47. The summed E-state index contributed by atoms with van der Waals surface area (Å²) in [5.74, 6) is 0.295. The van der Waals surface area contributed by atoms with Crippen LogP contribution in [0.25, 0.3) is 0 Å². The highest BCUT2D eigenvalue weighted by atomic mass is 32.2. The van der Waals surface area contributed by atoms with E-state index < -0.39 is 10.0 Å². The quantitative estimate of drug-likeness (QED) is 0.791. The first kappa shape index (κ1) is 15.2. The lowest BCUT2D eigenvalue weighted by molar-refractivity contribution is 0.341. The Hall–Kier alpha value is -2.24. The van der Waals surface area contributed by atoms with E-state index in [1.165, 1.54) is 0 Å². The summed E-state index contributed by atoms with van der Waals surface area (Å²) in [5, 5.41) is 10.8. The summed E-state index contributed by atoms with van der Waals surface area (Å²) < 4.78 is 31.5. The number of sulfonamides is 1. The molecule has 0 amide bonds. The van der Waals surface area contributed by atoms with E-state index in [9.17, 15) is 8.42 Å². The van der Waals surface area contributed by atoms with Crippen LogP contribution in [-0.2, 0) is 10.0 Å². The maximum Gasteiger partial charge on any atom is 0.236 e. The fourth-order valence-corrected chi connectivity index (χ4v) is 3.49. The molecule has 0 aliphatic heterocycles. The Bertz CT molecular complexity index is 763. The predicted molar refractivity (Wildman–Crippen MR) is 82.8 cm³/mol. The number of nitrogen functional groups attached to an aromatic ring is 1. The average Bonchev–Trinajstić information content (AvgIpc) is 2.85. The average molecular weight is 323 g/mol. The Balaban J connectivity index is 1.92. The predicted octanol–water partition coefficient (Wildman–Crippen LogP) is 2.02. The first-order chi connectivity index (χ1) is 10.00. The molecule has 0 aliphatic carbocycles. The molecule has 0 saturated heterocycles. The second-order valence-corrected chi connectivity index (χ2v) is 6.88. The number of nitrogens with zero attached hydrogens (tertiary/aromatic N) is 1. The molecule has 3 N–H and O–H groups in total. The van der Waals surface area contributed by atoms with Crippen molar-refractivity contribution in [2.75, 3.05) is 22.8 Å². The smallest absolute Gasteiger partial charge is 0.236 e. The lowest BCUT2D eigenvalue weighted by atomic mass is 10.3. The van der Waals surface area contributed by atoms with Crippen LogP contribution in [-0.4, -0.2) is 20.8 Å². The normalized spacial score (nSPS) is 10.8. The molecule has 0 atom stereocenters. The number of nitrogens with two attached hydrogens (primary N) is 1. The van der Waals surface area contributed by atoms with Crippen LogP contribution in [0.5, 0.6) is 5.75 Å². The number of nitrogens with one attached hydrogen (secondary N) is 1. The Kier molecular flexibility index (Phi) is 4.67. The number of nitriles is 1. The van der Waals surface area contributed by atoms with Crippen LogP contribution in [0.4, 0.5) is 10.7 Å². The summed E-state index contributed by atoms with van der Waals surface area (Å²) in [6, 6.07) is 10.2. The van der Waals surface area contributed by atoms with Gasteiger partial charge in [-0.1, -0.05) is 6.07 Å². The molecule has 0 unspecified atom stereocenters. The van der Waals surface area contributed by atoms with Crippen molar-refractivity contribution in [2.24, 2.45) is 0 Å². The molecular formula is C13H13N3O3S2. The molecule has 0 aliphatic rings. The van der Waals surface area contributed by atoms with Crippen molar-refractivity contribution in [1.82, 2.24) is 0 Å². The zero-order valence-electron chi connectivity index (χ0n) is 10.9. The van der Waals surface area contributed by atoms with Crippen molar-refractivity contribution in [2.45, 2.75) is 0 Å². The molecule has 1 heterocycles. The van der Waals surface area contributed by atoms with E-state index in [0.717, 1.165) is 11.3 Å². The van der Waals surface area contributed by atoms with Gasteiger partial charge < -0.3 is 10.5 Å². The van der Waals surface area contributed by atoms with Crippen LogP contribution in [0, 0.1) is 11.3 Å². The van der Waals surface area contributed by atoms with Crippen molar-refractivity contribution in [3.8, 4) is 11.8 Å². The van der Waals surface area contributed by atoms with Gasteiger partial charge in [0.05, 0.1) is 5.56 Å². The third-order valence-corrected chi connectivity index (χ3v) is 4.69. The first-order valence-electron chi connectivity index (χ1n) is 5.96. The summed E-state index contributed by atoms with van der Waals surface area (Å²) in [7, 11) is -3.56. The first-order valence-corrected chi connectivity index (χ1v) is 8.50. The highest BCUT2D eigenvalue weighted by Gasteiger charge is 2.14. The molecule has 0 spiro atoms. The summed E-state index contributed by atoms with van der Waals surface area (Å²) >= 11 is 1.16. The summed E-state index contributed by atoms with van der Waals surface area (Å²) in [5.41, 5.74) is 6.45. The largest absolute Gasteiger partial charge is 0.492 e. The van der Waals surface area contributed by atoms with Gasteiger partial charge in [0, 0.05) is 11.8 Å². The fraction of sp³-hybridized carbons (Fsp3) is 0.154. The van der Waals surface area contributed by atoms with Crippen molar-refractivity contribution < 1.29 is 13.2 Å². The van der Waals surface area contributed by atoms with Gasteiger partial charge in [0.25, 0.3) is 0 Å². The van der Waals surface area contributed by atoms with E-state index in [0.29, 0.717) is 22.0 Å². The number of rotatable bonds is 6. The molecule has 2 rings (SSSR count). The van der Waals surface area contributed by atoms with Gasteiger partial charge in [-0.25, -0.2) is 8.42 Å². The summed E-state index contributed by atoms with van der Waals surface area (Å²) in [6.45, 7) is -0.00789. The Morgan fingerprint density at radius 2 is 2.19 bits per heavy atom. The molecule has 8 heteroatoms. The molecule has 21 heavy (non-hydrogen) atoms. The maximum absolute atomic E-state index is 11.9. The van der Waals surface area contributed by atoms with Crippen molar-refractivity contribution in [3.63, 3.8) is 0 Å². The Morgan fingerprint density at radius 1 is 1.38 bits per heavy atom. The van der Waals surface area contributed by atoms with Gasteiger partial charge >= 0.3 is 0 Å². The molecule has 0 fully saturated rings. The lowest BCUT2D eigenvalue weighted by Gasteiger charge is -2.08. The van der Waals surface area contributed by atoms with Gasteiger partial charge in [0.15, 0.2) is 0 Å².